The molecule has 28 heavy (non-hydrogen) atoms. The van der Waals surface area contributed by atoms with Crippen LogP contribution in [-0.4, -0.2) is 27.1 Å². The van der Waals surface area contributed by atoms with Gasteiger partial charge in [0.05, 0.1) is 0 Å². The molecule has 0 radical (unpaired) electrons. The van der Waals surface area contributed by atoms with E-state index in [-0.39, 0.29) is 12.1 Å². The van der Waals surface area contributed by atoms with Crippen LogP contribution in [0, 0.1) is 20.2 Å². The summed E-state index contributed by atoms with van der Waals surface area (Å²) in [4.78, 5) is 33.0. The minimum atomic E-state index is -3.42. The average molecular weight is 395 g/mol. The van der Waals surface area contributed by atoms with Crippen LogP contribution in [0.15, 0.2) is 30.3 Å². The number of nitrogens with one attached hydrogen (secondary N) is 1. The number of rotatable bonds is 14. The van der Waals surface area contributed by atoms with Gasteiger partial charge in [0.2, 0.25) is 0 Å². The summed E-state index contributed by atoms with van der Waals surface area (Å²) in [5, 5.41) is 25.3. The molecular weight excluding hydrogens is 366 g/mol. The molecule has 0 saturated heterocycles. The molecule has 0 spiro atoms. The Morgan fingerprint density at radius 3 is 1.96 bits per heavy atom. The Kier molecular flexibility index (Phi) is 8.93. The Morgan fingerprint density at radius 2 is 1.46 bits per heavy atom. The van der Waals surface area contributed by atoms with Gasteiger partial charge in [0, 0.05) is 12.1 Å². The summed E-state index contributed by atoms with van der Waals surface area (Å²) >= 11 is 0. The van der Waals surface area contributed by atoms with Crippen molar-refractivity contribution < 1.29 is 14.6 Å². The van der Waals surface area contributed by atoms with Gasteiger partial charge in [-0.3, -0.25) is 30.8 Å². The first-order valence-electron chi connectivity index (χ1n) is 9.43. The van der Waals surface area contributed by atoms with Crippen LogP contribution < -0.4 is 16.8 Å². The van der Waals surface area contributed by atoms with E-state index >= 15 is 0 Å². The zero-order valence-electron chi connectivity index (χ0n) is 16.1. The molecule has 0 amide bonds. The quantitative estimate of drug-likeness (QED) is 0.187. The molecule has 1 aromatic rings. The average Bonchev–Trinajstić information content (AvgIpc) is 2.66. The molecule has 0 bridgehead atoms. The minimum absolute atomic E-state index is 0.148. The third kappa shape index (κ3) is 5.46. The van der Waals surface area contributed by atoms with Crippen LogP contribution in [-0.2, 0) is 4.79 Å². The van der Waals surface area contributed by atoms with Gasteiger partial charge in [-0.2, -0.15) is 5.73 Å². The number of benzene rings is 1. The van der Waals surface area contributed by atoms with Crippen molar-refractivity contribution in [2.24, 2.45) is 11.5 Å². The molecule has 0 aliphatic heterocycles. The molecular formula is C18H29N5O5. The summed E-state index contributed by atoms with van der Waals surface area (Å²) in [6.07, 6.45) is 6.32. The van der Waals surface area contributed by atoms with Crippen LogP contribution in [0.5, 0.6) is 0 Å². The number of anilines is 1. The van der Waals surface area contributed by atoms with Gasteiger partial charge in [0.25, 0.3) is 0 Å². The van der Waals surface area contributed by atoms with E-state index in [1.807, 2.05) is 0 Å². The summed E-state index contributed by atoms with van der Waals surface area (Å²) < 4.78 is 0. The van der Waals surface area contributed by atoms with E-state index in [2.05, 4.69) is 12.2 Å². The second-order valence-electron chi connectivity index (χ2n) is 6.83. The van der Waals surface area contributed by atoms with Gasteiger partial charge in [-0.25, -0.2) is 0 Å². The van der Waals surface area contributed by atoms with Gasteiger partial charge >= 0.3 is 11.4 Å². The van der Waals surface area contributed by atoms with E-state index in [1.54, 1.807) is 18.2 Å². The van der Waals surface area contributed by atoms with Crippen LogP contribution in [0.2, 0.25) is 0 Å². The Bertz CT molecular complexity index is 656. The Hall–Kier alpha value is -2.59. The normalized spacial score (nSPS) is 13.5. The number of nitrogens with two attached hydrogens (primary N) is 2. The molecule has 0 aromatic heterocycles. The van der Waals surface area contributed by atoms with E-state index in [0.717, 1.165) is 38.5 Å². The number of carbonyl (C=O) groups excluding carboxylic acids is 1. The third-order valence-electron chi connectivity index (χ3n) is 4.70. The second kappa shape index (κ2) is 10.7. The predicted molar refractivity (Wildman–Crippen MR) is 106 cm³/mol. The van der Waals surface area contributed by atoms with Crippen molar-refractivity contribution in [2.45, 2.75) is 69.7 Å². The minimum Gasteiger partial charge on any atom is -0.347 e. The SMILES string of the molecule is CCCCCCCCCC(=O)C(N)(Nc1ccccc1)C(N)([N+](=O)[O-])[N+](=O)[O-]. The van der Waals surface area contributed by atoms with Crippen LogP contribution >= 0.6 is 0 Å². The van der Waals surface area contributed by atoms with Crippen molar-refractivity contribution >= 4 is 11.5 Å². The van der Waals surface area contributed by atoms with E-state index in [0.29, 0.717) is 6.42 Å². The zero-order valence-corrected chi connectivity index (χ0v) is 16.1. The number of para-hydroxylation sites is 1. The molecule has 10 nitrogen and oxygen atoms in total. The molecule has 1 atom stereocenters. The summed E-state index contributed by atoms with van der Waals surface area (Å²) in [5.74, 6) is -4.29. The first-order chi connectivity index (χ1) is 13.2. The monoisotopic (exact) mass is 395 g/mol. The lowest BCUT2D eigenvalue weighted by Crippen LogP contribution is -2.80. The third-order valence-corrected chi connectivity index (χ3v) is 4.70. The van der Waals surface area contributed by atoms with Gasteiger partial charge in [0.15, 0.2) is 5.78 Å². The summed E-state index contributed by atoms with van der Waals surface area (Å²) in [5.41, 5.74) is 8.97. The number of unbranched alkanes of at least 4 members (excludes halogenated alkanes) is 6. The Balaban J connectivity index is 2.96. The van der Waals surface area contributed by atoms with Gasteiger partial charge < -0.3 is 5.32 Å². The van der Waals surface area contributed by atoms with Crippen LogP contribution in [0.1, 0.15) is 58.3 Å². The maximum absolute atomic E-state index is 12.8. The molecule has 0 saturated carbocycles. The number of hydrogen-bond acceptors (Lipinski definition) is 8. The van der Waals surface area contributed by atoms with E-state index in [1.165, 1.54) is 12.1 Å². The van der Waals surface area contributed by atoms with Gasteiger partial charge in [0.1, 0.15) is 9.85 Å². The van der Waals surface area contributed by atoms with Crippen molar-refractivity contribution in [2.75, 3.05) is 5.32 Å². The molecule has 0 aliphatic rings. The number of Topliss-reactive ketones (excluding diaryl/α,β-unsaturated/α-hetero) is 1. The van der Waals surface area contributed by atoms with E-state index in [4.69, 9.17) is 11.5 Å². The van der Waals surface area contributed by atoms with E-state index in [9.17, 15) is 25.0 Å². The summed E-state index contributed by atoms with van der Waals surface area (Å²) in [6, 6.07) is 7.85. The van der Waals surface area contributed by atoms with E-state index < -0.39 is 27.1 Å². The summed E-state index contributed by atoms with van der Waals surface area (Å²) in [7, 11) is 0. The molecule has 156 valence electrons. The molecule has 0 fully saturated rings. The smallest absolute Gasteiger partial charge is 0.347 e. The number of ketones is 1. The van der Waals surface area contributed by atoms with Crippen LogP contribution in [0.25, 0.3) is 0 Å². The maximum atomic E-state index is 12.8. The number of nitrogens with zero attached hydrogens (tertiary/aromatic N) is 2. The number of hydrogen-bond donors (Lipinski definition) is 3. The highest BCUT2D eigenvalue weighted by Gasteiger charge is 2.72. The van der Waals surface area contributed by atoms with Crippen molar-refractivity contribution in [3.63, 3.8) is 0 Å². The first-order valence-corrected chi connectivity index (χ1v) is 9.43. The molecule has 5 N–H and O–H groups in total. The molecule has 1 rings (SSSR count). The van der Waals surface area contributed by atoms with Crippen LogP contribution in [0.4, 0.5) is 5.69 Å². The highest BCUT2D eigenvalue weighted by Crippen LogP contribution is 2.25. The fourth-order valence-corrected chi connectivity index (χ4v) is 2.91. The largest absolute Gasteiger partial charge is 0.561 e. The fraction of sp³-hybridized carbons (Fsp3) is 0.611. The zero-order chi connectivity index (χ0) is 21.2. The Morgan fingerprint density at radius 1 is 0.964 bits per heavy atom. The standard InChI is InChI=1S/C18H29N5O5/c1-2-3-4-5-6-7-11-14-16(24)17(19,18(20,22(25)26)23(27)28)21-15-12-9-8-10-13-15/h8-10,12-13,21H,2-7,11,14,19-20H2,1H3. The second-order valence-corrected chi connectivity index (χ2v) is 6.83. The topological polar surface area (TPSA) is 167 Å². The van der Waals surface area contributed by atoms with Gasteiger partial charge in [-0.1, -0.05) is 63.6 Å². The highest BCUT2D eigenvalue weighted by molar-refractivity contribution is 5.91. The molecule has 10 heteroatoms. The van der Waals surface area contributed by atoms with Crippen molar-refractivity contribution in [3.8, 4) is 0 Å². The van der Waals surface area contributed by atoms with Crippen LogP contribution in [0.3, 0.4) is 0 Å². The lowest BCUT2D eigenvalue weighted by Gasteiger charge is -2.32. The Labute approximate surface area is 164 Å². The first kappa shape index (κ1) is 23.4. The molecule has 0 heterocycles. The lowest BCUT2D eigenvalue weighted by atomic mass is 9.92. The van der Waals surface area contributed by atoms with Crippen molar-refractivity contribution in [1.29, 1.82) is 0 Å². The van der Waals surface area contributed by atoms with Gasteiger partial charge in [-0.05, 0) is 18.6 Å². The summed E-state index contributed by atoms with van der Waals surface area (Å²) in [6.45, 7) is 2.11. The van der Waals surface area contributed by atoms with Gasteiger partial charge in [-0.15, -0.1) is 0 Å². The number of nitro groups is 2. The molecule has 1 aromatic carbocycles. The highest BCUT2D eigenvalue weighted by atomic mass is 16.7. The maximum Gasteiger partial charge on any atom is 0.561 e. The fourth-order valence-electron chi connectivity index (χ4n) is 2.91. The molecule has 1 unspecified atom stereocenters. The lowest BCUT2D eigenvalue weighted by molar-refractivity contribution is -0.802. The van der Waals surface area contributed by atoms with Crippen molar-refractivity contribution in [3.05, 3.63) is 50.6 Å². The predicted octanol–water partition coefficient (Wildman–Crippen LogP) is 2.63. The number of carbonyl (C=O) groups is 1. The molecule has 0 aliphatic carbocycles. The van der Waals surface area contributed by atoms with Crippen molar-refractivity contribution in [1.82, 2.24) is 0 Å².